The van der Waals surface area contributed by atoms with Crippen molar-refractivity contribution in [3.05, 3.63) is 42.1 Å². The Labute approximate surface area is 117 Å². The van der Waals surface area contributed by atoms with Gasteiger partial charge in [0.2, 0.25) is 0 Å². The van der Waals surface area contributed by atoms with Gasteiger partial charge in [-0.3, -0.25) is 4.72 Å². The Balaban J connectivity index is 2.30. The molecule has 0 atom stereocenters. The molecule has 0 aliphatic rings. The van der Waals surface area contributed by atoms with E-state index in [4.69, 9.17) is 0 Å². The van der Waals surface area contributed by atoms with E-state index in [-0.39, 0.29) is 9.62 Å². The third-order valence-electron chi connectivity index (χ3n) is 2.66. The van der Waals surface area contributed by atoms with Gasteiger partial charge in [-0.2, -0.15) is 4.37 Å². The Morgan fingerprint density at radius 3 is 2.53 bits per heavy atom. The Kier molecular flexibility index (Phi) is 3.64. The summed E-state index contributed by atoms with van der Waals surface area (Å²) in [5, 5.41) is 0. The molecule has 1 aromatic heterocycles. The smallest absolute Gasteiger partial charge is 0.272 e. The summed E-state index contributed by atoms with van der Waals surface area (Å²) in [6, 6.07) is 8.93. The molecule has 0 bridgehead atoms. The third-order valence-corrected chi connectivity index (χ3v) is 5.26. The van der Waals surface area contributed by atoms with Crippen LogP contribution >= 0.6 is 11.5 Å². The molecule has 0 spiro atoms. The molecule has 0 saturated carbocycles. The minimum Gasteiger partial charge on any atom is -0.279 e. The molecule has 0 aliphatic carbocycles. The van der Waals surface area contributed by atoms with Crippen LogP contribution in [0, 0.1) is 0 Å². The first-order chi connectivity index (χ1) is 8.79. The van der Waals surface area contributed by atoms with Gasteiger partial charge in [-0.25, -0.2) is 8.42 Å². The highest BCUT2D eigenvalue weighted by Gasteiger charge is 2.18. The summed E-state index contributed by atoms with van der Waals surface area (Å²) < 4.78 is 30.8. The zero-order valence-electron chi connectivity index (χ0n) is 11.0. The molecule has 0 saturated heterocycles. The van der Waals surface area contributed by atoms with Crippen molar-refractivity contribution < 1.29 is 8.42 Å². The Morgan fingerprint density at radius 2 is 1.95 bits per heavy atom. The predicted octanol–water partition coefficient (Wildman–Crippen LogP) is 3.24. The third kappa shape index (κ3) is 3.33. The fourth-order valence-electron chi connectivity index (χ4n) is 1.60. The number of anilines is 1. The Bertz CT molecular complexity index is 656. The van der Waals surface area contributed by atoms with Crippen molar-refractivity contribution >= 4 is 27.2 Å². The van der Waals surface area contributed by atoms with E-state index in [0.29, 0.717) is 5.69 Å². The molecule has 0 radical (unpaired) electrons. The van der Waals surface area contributed by atoms with Gasteiger partial charge in [-0.05, 0) is 40.7 Å². The van der Waals surface area contributed by atoms with Crippen LogP contribution in [-0.4, -0.2) is 12.8 Å². The molecule has 1 N–H and O–H groups in total. The van der Waals surface area contributed by atoms with E-state index in [1.54, 1.807) is 6.07 Å². The normalized spacial score (nSPS) is 12.4. The van der Waals surface area contributed by atoms with Crippen molar-refractivity contribution in [2.75, 3.05) is 4.72 Å². The molecule has 0 unspecified atom stereocenters. The monoisotopic (exact) mass is 296 g/mol. The zero-order valence-corrected chi connectivity index (χ0v) is 12.7. The van der Waals surface area contributed by atoms with E-state index in [2.05, 4.69) is 29.9 Å². The van der Waals surface area contributed by atoms with Crippen LogP contribution in [0.1, 0.15) is 26.3 Å². The molecule has 2 aromatic rings. The first-order valence-corrected chi connectivity index (χ1v) is 8.09. The molecule has 2 rings (SSSR count). The predicted molar refractivity (Wildman–Crippen MR) is 78.1 cm³/mol. The lowest BCUT2D eigenvalue weighted by atomic mass is 9.87. The van der Waals surface area contributed by atoms with Crippen LogP contribution in [0.2, 0.25) is 0 Å². The van der Waals surface area contributed by atoms with Crippen molar-refractivity contribution in [1.82, 2.24) is 4.37 Å². The van der Waals surface area contributed by atoms with E-state index >= 15 is 0 Å². The molecule has 6 heteroatoms. The van der Waals surface area contributed by atoms with Gasteiger partial charge in [-0.1, -0.05) is 32.9 Å². The Morgan fingerprint density at radius 1 is 1.21 bits per heavy atom. The Hall–Kier alpha value is -1.40. The summed E-state index contributed by atoms with van der Waals surface area (Å²) >= 11 is 0.958. The highest BCUT2D eigenvalue weighted by Crippen LogP contribution is 2.26. The average Bonchev–Trinajstić information content (AvgIpc) is 2.81. The summed E-state index contributed by atoms with van der Waals surface area (Å²) in [7, 11) is -3.53. The molecule has 19 heavy (non-hydrogen) atoms. The van der Waals surface area contributed by atoms with Crippen LogP contribution in [0.5, 0.6) is 0 Å². The number of nitrogens with one attached hydrogen (secondary N) is 1. The molecule has 102 valence electrons. The zero-order chi connectivity index (χ0) is 14.1. The quantitative estimate of drug-likeness (QED) is 0.946. The van der Waals surface area contributed by atoms with Crippen LogP contribution in [-0.2, 0) is 15.4 Å². The maximum absolute atomic E-state index is 12.1. The second kappa shape index (κ2) is 4.94. The van der Waals surface area contributed by atoms with Gasteiger partial charge in [0.25, 0.3) is 10.0 Å². The number of benzene rings is 1. The van der Waals surface area contributed by atoms with Gasteiger partial charge >= 0.3 is 0 Å². The van der Waals surface area contributed by atoms with Gasteiger partial charge in [-0.15, -0.1) is 0 Å². The van der Waals surface area contributed by atoms with Gasteiger partial charge in [0, 0.05) is 11.9 Å². The minimum atomic E-state index is -3.53. The van der Waals surface area contributed by atoms with Crippen molar-refractivity contribution in [2.24, 2.45) is 0 Å². The summed E-state index contributed by atoms with van der Waals surface area (Å²) in [6.07, 6.45) is 1.48. The lowest BCUT2D eigenvalue weighted by Crippen LogP contribution is -2.14. The lowest BCUT2D eigenvalue weighted by molar-refractivity contribution is 0.590. The van der Waals surface area contributed by atoms with Gasteiger partial charge < -0.3 is 0 Å². The van der Waals surface area contributed by atoms with E-state index in [9.17, 15) is 8.42 Å². The first kappa shape index (κ1) is 14.0. The average molecular weight is 296 g/mol. The summed E-state index contributed by atoms with van der Waals surface area (Å²) in [6.45, 7) is 6.26. The standard InChI is InChI=1S/C13H16N2O2S2/c1-13(2,3)10-5-4-6-11(9-10)15-19(16,17)12-7-8-14-18-12/h4-9,15H,1-3H3. The molecule has 1 heterocycles. The number of sulfonamides is 1. The number of hydrogen-bond donors (Lipinski definition) is 1. The van der Waals surface area contributed by atoms with Gasteiger partial charge in [0.05, 0.1) is 0 Å². The summed E-state index contributed by atoms with van der Waals surface area (Å²) in [5.74, 6) is 0. The van der Waals surface area contributed by atoms with Crippen molar-refractivity contribution in [1.29, 1.82) is 0 Å². The first-order valence-electron chi connectivity index (χ1n) is 5.83. The van der Waals surface area contributed by atoms with E-state index in [1.165, 1.54) is 12.3 Å². The minimum absolute atomic E-state index is 0.0219. The second-order valence-electron chi connectivity index (χ2n) is 5.27. The summed E-state index contributed by atoms with van der Waals surface area (Å²) in [5.41, 5.74) is 1.63. The highest BCUT2D eigenvalue weighted by atomic mass is 32.2. The molecule has 1 aromatic carbocycles. The largest absolute Gasteiger partial charge is 0.279 e. The maximum Gasteiger partial charge on any atom is 0.272 e. The van der Waals surface area contributed by atoms with Crippen molar-refractivity contribution in [2.45, 2.75) is 30.4 Å². The molecule has 0 amide bonds. The number of rotatable bonds is 3. The molecule has 4 nitrogen and oxygen atoms in total. The van der Waals surface area contributed by atoms with Gasteiger partial charge in [0.15, 0.2) is 4.21 Å². The maximum atomic E-state index is 12.1. The number of aromatic nitrogens is 1. The highest BCUT2D eigenvalue weighted by molar-refractivity contribution is 7.94. The second-order valence-corrected chi connectivity index (χ2v) is 8.01. The van der Waals surface area contributed by atoms with Gasteiger partial charge in [0.1, 0.15) is 0 Å². The van der Waals surface area contributed by atoms with E-state index in [0.717, 1.165) is 17.1 Å². The van der Waals surface area contributed by atoms with Crippen LogP contribution in [0.25, 0.3) is 0 Å². The van der Waals surface area contributed by atoms with Crippen LogP contribution in [0.15, 0.2) is 40.7 Å². The molecule has 0 fully saturated rings. The molecular weight excluding hydrogens is 280 g/mol. The molecular formula is C13H16N2O2S2. The fourth-order valence-corrected chi connectivity index (χ4v) is 3.37. The number of nitrogens with zero attached hydrogens (tertiary/aromatic N) is 1. The van der Waals surface area contributed by atoms with E-state index in [1.807, 2.05) is 18.2 Å². The SMILES string of the molecule is CC(C)(C)c1cccc(NS(=O)(=O)c2ccns2)c1. The van der Waals surface area contributed by atoms with Crippen molar-refractivity contribution in [3.8, 4) is 0 Å². The van der Waals surface area contributed by atoms with Crippen molar-refractivity contribution in [3.63, 3.8) is 0 Å². The lowest BCUT2D eigenvalue weighted by Gasteiger charge is -2.19. The molecule has 0 aliphatic heterocycles. The van der Waals surface area contributed by atoms with Crippen LogP contribution in [0.3, 0.4) is 0 Å². The van der Waals surface area contributed by atoms with Crippen LogP contribution < -0.4 is 4.72 Å². The van der Waals surface area contributed by atoms with Crippen LogP contribution in [0.4, 0.5) is 5.69 Å². The van der Waals surface area contributed by atoms with E-state index < -0.39 is 10.0 Å². The topological polar surface area (TPSA) is 59.1 Å². The summed E-state index contributed by atoms with van der Waals surface area (Å²) in [4.78, 5) is 0. The number of hydrogen-bond acceptors (Lipinski definition) is 4. The fraction of sp³-hybridized carbons (Fsp3) is 0.308.